The summed E-state index contributed by atoms with van der Waals surface area (Å²) in [6.07, 6.45) is -0.366. The van der Waals surface area contributed by atoms with Gasteiger partial charge in [-0.25, -0.2) is 4.39 Å². The van der Waals surface area contributed by atoms with Crippen molar-refractivity contribution in [1.29, 1.82) is 0 Å². The van der Waals surface area contributed by atoms with Crippen molar-refractivity contribution >= 4 is 15.9 Å². The highest BCUT2D eigenvalue weighted by Gasteiger charge is 2.01. The van der Waals surface area contributed by atoms with Crippen LogP contribution in [0.15, 0.2) is 22.7 Å². The predicted molar refractivity (Wildman–Crippen MR) is 57.5 cm³/mol. The molecule has 1 atom stereocenters. The van der Waals surface area contributed by atoms with Crippen LogP contribution in [0.5, 0.6) is 0 Å². The first-order chi connectivity index (χ1) is 6.59. The maximum atomic E-state index is 12.7. The average Bonchev–Trinajstić information content (AvgIpc) is 2.08. The fraction of sp³-hybridized carbons (Fsp3) is 0.400. The number of hydrogen-bond donors (Lipinski definition) is 2. The molecular formula is C10H13BrFNO. The highest BCUT2D eigenvalue weighted by atomic mass is 79.9. The molecule has 0 aliphatic carbocycles. The van der Waals surface area contributed by atoms with Crippen LogP contribution in [0.3, 0.4) is 0 Å². The summed E-state index contributed by atoms with van der Waals surface area (Å²) in [7, 11) is 0. The average molecular weight is 262 g/mol. The Kier molecular flexibility index (Phi) is 4.51. The van der Waals surface area contributed by atoms with Crippen molar-refractivity contribution in [1.82, 2.24) is 5.32 Å². The lowest BCUT2D eigenvalue weighted by Crippen LogP contribution is -2.23. The molecule has 78 valence electrons. The lowest BCUT2D eigenvalue weighted by molar-refractivity contribution is 0.191. The third-order valence-electron chi connectivity index (χ3n) is 1.77. The van der Waals surface area contributed by atoms with Gasteiger partial charge >= 0.3 is 0 Å². The van der Waals surface area contributed by atoms with Crippen LogP contribution in [-0.4, -0.2) is 17.8 Å². The fourth-order valence-electron chi connectivity index (χ4n) is 1.08. The fourth-order valence-corrected chi connectivity index (χ4v) is 1.57. The van der Waals surface area contributed by atoms with Gasteiger partial charge < -0.3 is 10.4 Å². The zero-order valence-corrected chi connectivity index (χ0v) is 9.51. The number of aliphatic hydroxyl groups is 1. The molecule has 2 N–H and O–H groups in total. The van der Waals surface area contributed by atoms with E-state index in [1.54, 1.807) is 13.0 Å². The highest BCUT2D eigenvalue weighted by Crippen LogP contribution is 2.17. The summed E-state index contributed by atoms with van der Waals surface area (Å²) in [6, 6.07) is 4.57. The Labute approximate surface area is 91.3 Å². The van der Waals surface area contributed by atoms with Gasteiger partial charge in [0.15, 0.2) is 0 Å². The van der Waals surface area contributed by atoms with Gasteiger partial charge in [0, 0.05) is 17.6 Å². The lowest BCUT2D eigenvalue weighted by Gasteiger charge is -2.08. The highest BCUT2D eigenvalue weighted by molar-refractivity contribution is 9.10. The van der Waals surface area contributed by atoms with Crippen LogP contribution in [0.25, 0.3) is 0 Å². The molecule has 1 rings (SSSR count). The van der Waals surface area contributed by atoms with Gasteiger partial charge in [-0.2, -0.15) is 0 Å². The van der Waals surface area contributed by atoms with Crippen LogP contribution in [0, 0.1) is 5.82 Å². The van der Waals surface area contributed by atoms with Crippen molar-refractivity contribution in [3.8, 4) is 0 Å². The quantitative estimate of drug-likeness (QED) is 0.870. The first-order valence-corrected chi connectivity index (χ1v) is 5.21. The van der Waals surface area contributed by atoms with Crippen LogP contribution in [0.4, 0.5) is 4.39 Å². The first kappa shape index (κ1) is 11.6. The van der Waals surface area contributed by atoms with Crippen LogP contribution in [0.2, 0.25) is 0 Å². The van der Waals surface area contributed by atoms with Gasteiger partial charge in [-0.1, -0.05) is 22.0 Å². The van der Waals surface area contributed by atoms with Crippen molar-refractivity contribution < 1.29 is 9.50 Å². The van der Waals surface area contributed by atoms with Crippen LogP contribution in [-0.2, 0) is 6.54 Å². The molecule has 1 aromatic carbocycles. The molecule has 0 amide bonds. The van der Waals surface area contributed by atoms with Crippen LogP contribution in [0.1, 0.15) is 12.5 Å². The minimum atomic E-state index is -0.366. The molecule has 0 aromatic heterocycles. The SMILES string of the molecule is C[C@@H](O)CNCc1ccc(F)cc1Br. The van der Waals surface area contributed by atoms with Crippen molar-refractivity contribution in [3.63, 3.8) is 0 Å². The molecule has 0 spiro atoms. The maximum absolute atomic E-state index is 12.7. The van der Waals surface area contributed by atoms with E-state index in [9.17, 15) is 4.39 Å². The van der Waals surface area contributed by atoms with Gasteiger partial charge in [0.05, 0.1) is 6.10 Å². The smallest absolute Gasteiger partial charge is 0.124 e. The number of benzene rings is 1. The zero-order chi connectivity index (χ0) is 10.6. The summed E-state index contributed by atoms with van der Waals surface area (Å²) in [5.74, 6) is -0.254. The Morgan fingerprint density at radius 1 is 1.57 bits per heavy atom. The van der Waals surface area contributed by atoms with E-state index >= 15 is 0 Å². The largest absolute Gasteiger partial charge is 0.392 e. The van der Waals surface area contributed by atoms with E-state index < -0.39 is 0 Å². The topological polar surface area (TPSA) is 32.3 Å². The van der Waals surface area contributed by atoms with Gasteiger partial charge in [0.2, 0.25) is 0 Å². The van der Waals surface area contributed by atoms with Gasteiger partial charge in [0.25, 0.3) is 0 Å². The van der Waals surface area contributed by atoms with E-state index in [-0.39, 0.29) is 11.9 Å². The molecule has 14 heavy (non-hydrogen) atoms. The van der Waals surface area contributed by atoms with E-state index in [2.05, 4.69) is 21.2 Å². The number of rotatable bonds is 4. The maximum Gasteiger partial charge on any atom is 0.124 e. The second-order valence-electron chi connectivity index (χ2n) is 3.22. The Bertz CT molecular complexity index is 304. The second kappa shape index (κ2) is 5.44. The first-order valence-electron chi connectivity index (χ1n) is 4.42. The third kappa shape index (κ3) is 3.74. The monoisotopic (exact) mass is 261 g/mol. The number of aliphatic hydroxyl groups excluding tert-OH is 1. The molecule has 0 unspecified atom stereocenters. The predicted octanol–water partition coefficient (Wildman–Crippen LogP) is 2.06. The summed E-state index contributed by atoms with van der Waals surface area (Å²) in [5.41, 5.74) is 0.979. The van der Waals surface area contributed by atoms with E-state index in [1.807, 2.05) is 0 Å². The summed E-state index contributed by atoms with van der Waals surface area (Å²) in [4.78, 5) is 0. The van der Waals surface area contributed by atoms with Gasteiger partial charge in [0.1, 0.15) is 5.82 Å². The minimum Gasteiger partial charge on any atom is -0.392 e. The Morgan fingerprint density at radius 2 is 2.29 bits per heavy atom. The molecule has 4 heteroatoms. The molecule has 0 fully saturated rings. The van der Waals surface area contributed by atoms with Crippen molar-refractivity contribution in [2.24, 2.45) is 0 Å². The lowest BCUT2D eigenvalue weighted by atomic mass is 10.2. The zero-order valence-electron chi connectivity index (χ0n) is 7.93. The van der Waals surface area contributed by atoms with Gasteiger partial charge in [-0.3, -0.25) is 0 Å². The Balaban J connectivity index is 2.51. The van der Waals surface area contributed by atoms with E-state index in [0.717, 1.165) is 10.0 Å². The third-order valence-corrected chi connectivity index (χ3v) is 2.51. The molecule has 0 heterocycles. The Morgan fingerprint density at radius 3 is 2.86 bits per heavy atom. The van der Waals surface area contributed by atoms with E-state index in [0.29, 0.717) is 13.1 Å². The van der Waals surface area contributed by atoms with Gasteiger partial charge in [-0.05, 0) is 24.6 Å². The van der Waals surface area contributed by atoms with E-state index in [1.165, 1.54) is 12.1 Å². The van der Waals surface area contributed by atoms with Crippen molar-refractivity contribution in [3.05, 3.63) is 34.1 Å². The summed E-state index contributed by atoms with van der Waals surface area (Å²) >= 11 is 3.27. The van der Waals surface area contributed by atoms with Crippen molar-refractivity contribution in [2.75, 3.05) is 6.54 Å². The normalized spacial score (nSPS) is 12.9. The standard InChI is InChI=1S/C10H13BrFNO/c1-7(14)5-13-6-8-2-3-9(12)4-10(8)11/h2-4,7,13-14H,5-6H2,1H3/t7-/m1/s1. The number of hydrogen-bond acceptors (Lipinski definition) is 2. The Hall–Kier alpha value is -0.450. The number of nitrogens with one attached hydrogen (secondary N) is 1. The van der Waals surface area contributed by atoms with Crippen molar-refractivity contribution in [2.45, 2.75) is 19.6 Å². The molecule has 0 bridgehead atoms. The molecular weight excluding hydrogens is 249 g/mol. The summed E-state index contributed by atoms with van der Waals surface area (Å²) < 4.78 is 13.5. The van der Waals surface area contributed by atoms with Gasteiger partial charge in [-0.15, -0.1) is 0 Å². The molecule has 0 radical (unpaired) electrons. The molecule has 2 nitrogen and oxygen atoms in total. The van der Waals surface area contributed by atoms with E-state index in [4.69, 9.17) is 5.11 Å². The number of halogens is 2. The van der Waals surface area contributed by atoms with Crippen LogP contribution >= 0.6 is 15.9 Å². The minimum absolute atomic E-state index is 0.254. The molecule has 0 saturated carbocycles. The molecule has 1 aromatic rings. The molecule has 0 aliphatic heterocycles. The summed E-state index contributed by atoms with van der Waals surface area (Å²) in [6.45, 7) is 2.86. The van der Waals surface area contributed by atoms with Crippen LogP contribution < -0.4 is 5.32 Å². The second-order valence-corrected chi connectivity index (χ2v) is 4.07. The molecule has 0 aliphatic rings. The molecule has 0 saturated heterocycles. The summed E-state index contributed by atoms with van der Waals surface area (Å²) in [5, 5.41) is 12.1.